The zero-order chi connectivity index (χ0) is 17.4. The van der Waals surface area contributed by atoms with Crippen LogP contribution < -0.4 is 10.6 Å². The lowest BCUT2D eigenvalue weighted by Gasteiger charge is -2.28. The van der Waals surface area contributed by atoms with Gasteiger partial charge in [0.25, 0.3) is 0 Å². The molecule has 0 atom stereocenters. The summed E-state index contributed by atoms with van der Waals surface area (Å²) in [7, 11) is 0. The SMILES string of the molecule is C=C(C)c1ccc2c(N3CCOCC3)nc(-c3ccc(N)cc3)nn12. The van der Waals surface area contributed by atoms with E-state index in [1.807, 2.05) is 41.8 Å². The molecule has 1 saturated heterocycles. The summed E-state index contributed by atoms with van der Waals surface area (Å²) in [5, 5.41) is 4.76. The summed E-state index contributed by atoms with van der Waals surface area (Å²) in [5.41, 5.74) is 10.4. The predicted molar refractivity (Wildman–Crippen MR) is 101 cm³/mol. The van der Waals surface area contributed by atoms with Gasteiger partial charge in [-0.15, -0.1) is 5.10 Å². The Morgan fingerprint density at radius 3 is 2.52 bits per heavy atom. The molecule has 3 aromatic rings. The summed E-state index contributed by atoms with van der Waals surface area (Å²) in [4.78, 5) is 7.12. The average Bonchev–Trinajstić information content (AvgIpc) is 3.06. The Morgan fingerprint density at radius 2 is 1.84 bits per heavy atom. The van der Waals surface area contributed by atoms with E-state index in [2.05, 4.69) is 17.5 Å². The highest BCUT2D eigenvalue weighted by atomic mass is 16.5. The van der Waals surface area contributed by atoms with E-state index in [1.165, 1.54) is 0 Å². The van der Waals surface area contributed by atoms with Gasteiger partial charge in [0, 0.05) is 24.3 Å². The Labute approximate surface area is 146 Å². The number of morpholine rings is 1. The minimum absolute atomic E-state index is 0.674. The van der Waals surface area contributed by atoms with E-state index in [-0.39, 0.29) is 0 Å². The van der Waals surface area contributed by atoms with Crippen LogP contribution in [0.25, 0.3) is 22.5 Å². The Hall–Kier alpha value is -2.86. The van der Waals surface area contributed by atoms with Gasteiger partial charge in [-0.3, -0.25) is 0 Å². The number of ether oxygens (including phenoxy) is 1. The van der Waals surface area contributed by atoms with Gasteiger partial charge in [-0.1, -0.05) is 6.58 Å². The number of anilines is 2. The van der Waals surface area contributed by atoms with Gasteiger partial charge in [0.2, 0.25) is 0 Å². The molecule has 3 heterocycles. The molecular weight excluding hydrogens is 314 g/mol. The fourth-order valence-electron chi connectivity index (χ4n) is 3.07. The number of hydrogen-bond donors (Lipinski definition) is 1. The van der Waals surface area contributed by atoms with Crippen LogP contribution in [-0.2, 0) is 4.74 Å². The first-order valence-electron chi connectivity index (χ1n) is 8.38. The molecule has 0 aliphatic carbocycles. The van der Waals surface area contributed by atoms with Crippen molar-refractivity contribution in [3.8, 4) is 11.4 Å². The predicted octanol–water partition coefficient (Wildman–Crippen LogP) is 2.85. The van der Waals surface area contributed by atoms with Crippen molar-refractivity contribution in [1.82, 2.24) is 14.6 Å². The third-order valence-electron chi connectivity index (χ3n) is 4.41. The summed E-state index contributed by atoms with van der Waals surface area (Å²) in [5.74, 6) is 1.60. The van der Waals surface area contributed by atoms with Crippen LogP contribution in [0.2, 0.25) is 0 Å². The van der Waals surface area contributed by atoms with Crippen LogP contribution in [-0.4, -0.2) is 40.9 Å². The molecule has 25 heavy (non-hydrogen) atoms. The maximum atomic E-state index is 5.81. The van der Waals surface area contributed by atoms with Crippen molar-refractivity contribution in [2.75, 3.05) is 36.9 Å². The number of rotatable bonds is 3. The molecule has 128 valence electrons. The quantitative estimate of drug-likeness (QED) is 0.746. The lowest BCUT2D eigenvalue weighted by molar-refractivity contribution is 0.122. The summed E-state index contributed by atoms with van der Waals surface area (Å²) < 4.78 is 7.42. The molecule has 0 bridgehead atoms. The van der Waals surface area contributed by atoms with Crippen molar-refractivity contribution in [2.24, 2.45) is 0 Å². The number of nitrogen functional groups attached to an aromatic ring is 1. The van der Waals surface area contributed by atoms with Gasteiger partial charge in [-0.05, 0) is 48.9 Å². The molecule has 6 heteroatoms. The second-order valence-corrected chi connectivity index (χ2v) is 6.28. The maximum Gasteiger partial charge on any atom is 0.182 e. The molecule has 4 rings (SSSR count). The van der Waals surface area contributed by atoms with Crippen LogP contribution in [0, 0.1) is 0 Å². The smallest absolute Gasteiger partial charge is 0.182 e. The third kappa shape index (κ3) is 2.85. The molecule has 1 aliphatic rings. The Kier molecular flexibility index (Phi) is 3.89. The van der Waals surface area contributed by atoms with Gasteiger partial charge in [-0.2, -0.15) is 0 Å². The van der Waals surface area contributed by atoms with E-state index in [4.69, 9.17) is 20.6 Å². The number of fused-ring (bicyclic) bond motifs is 1. The van der Waals surface area contributed by atoms with Crippen LogP contribution in [0.5, 0.6) is 0 Å². The number of nitrogens with zero attached hydrogens (tertiary/aromatic N) is 4. The van der Waals surface area contributed by atoms with Crippen LogP contribution in [0.4, 0.5) is 11.5 Å². The average molecular weight is 335 g/mol. The van der Waals surface area contributed by atoms with E-state index in [1.54, 1.807) is 0 Å². The van der Waals surface area contributed by atoms with Crippen molar-refractivity contribution in [2.45, 2.75) is 6.92 Å². The minimum atomic E-state index is 0.674. The zero-order valence-electron chi connectivity index (χ0n) is 14.3. The fraction of sp³-hybridized carbons (Fsp3) is 0.263. The van der Waals surface area contributed by atoms with Crippen LogP contribution in [0.3, 0.4) is 0 Å². The van der Waals surface area contributed by atoms with Crippen LogP contribution in [0.15, 0.2) is 43.0 Å². The van der Waals surface area contributed by atoms with E-state index in [0.29, 0.717) is 19.0 Å². The van der Waals surface area contributed by atoms with E-state index >= 15 is 0 Å². The van der Waals surface area contributed by atoms with Crippen molar-refractivity contribution in [3.63, 3.8) is 0 Å². The number of benzene rings is 1. The van der Waals surface area contributed by atoms with Crippen molar-refractivity contribution >= 4 is 22.6 Å². The second kappa shape index (κ2) is 6.22. The number of allylic oxidation sites excluding steroid dienone is 1. The third-order valence-corrected chi connectivity index (χ3v) is 4.41. The molecule has 6 nitrogen and oxygen atoms in total. The van der Waals surface area contributed by atoms with Gasteiger partial charge in [0.1, 0.15) is 5.52 Å². The minimum Gasteiger partial charge on any atom is -0.399 e. The number of aromatic nitrogens is 3. The van der Waals surface area contributed by atoms with Gasteiger partial charge in [-0.25, -0.2) is 9.50 Å². The highest BCUT2D eigenvalue weighted by Crippen LogP contribution is 2.27. The lowest BCUT2D eigenvalue weighted by Crippen LogP contribution is -2.37. The van der Waals surface area contributed by atoms with Crippen LogP contribution >= 0.6 is 0 Å². The topological polar surface area (TPSA) is 68.7 Å². The Morgan fingerprint density at radius 1 is 1.12 bits per heavy atom. The van der Waals surface area contributed by atoms with Gasteiger partial charge in [0.05, 0.1) is 18.9 Å². The Bertz CT molecular complexity index is 923. The number of hydrogen-bond acceptors (Lipinski definition) is 5. The standard InChI is InChI=1S/C19H21N5O/c1-13(2)16-7-8-17-19(23-9-11-25-12-10-23)21-18(22-24(16)17)14-3-5-15(20)6-4-14/h3-8H,1,9-12,20H2,2H3. The molecule has 1 aromatic carbocycles. The van der Waals surface area contributed by atoms with E-state index < -0.39 is 0 Å². The molecule has 0 unspecified atom stereocenters. The maximum absolute atomic E-state index is 5.81. The number of nitrogens with two attached hydrogens (primary N) is 1. The lowest BCUT2D eigenvalue weighted by atomic mass is 10.2. The molecule has 0 amide bonds. The van der Waals surface area contributed by atoms with E-state index in [0.717, 1.165) is 46.9 Å². The zero-order valence-corrected chi connectivity index (χ0v) is 14.3. The van der Waals surface area contributed by atoms with Crippen LogP contribution in [0.1, 0.15) is 12.6 Å². The molecule has 2 aromatic heterocycles. The van der Waals surface area contributed by atoms with Gasteiger partial charge >= 0.3 is 0 Å². The molecule has 0 saturated carbocycles. The summed E-state index contributed by atoms with van der Waals surface area (Å²) >= 11 is 0. The van der Waals surface area contributed by atoms with Gasteiger partial charge < -0.3 is 15.4 Å². The first kappa shape index (κ1) is 15.7. The van der Waals surface area contributed by atoms with Gasteiger partial charge in [0.15, 0.2) is 11.6 Å². The van der Waals surface area contributed by atoms with Crippen molar-refractivity contribution < 1.29 is 4.74 Å². The van der Waals surface area contributed by atoms with Crippen molar-refractivity contribution in [1.29, 1.82) is 0 Å². The second-order valence-electron chi connectivity index (χ2n) is 6.28. The summed E-state index contributed by atoms with van der Waals surface area (Å²) in [6, 6.07) is 11.7. The normalized spacial score (nSPS) is 14.8. The Balaban J connectivity index is 1.92. The molecule has 1 aliphatic heterocycles. The molecule has 1 fully saturated rings. The molecule has 0 spiro atoms. The fourth-order valence-corrected chi connectivity index (χ4v) is 3.07. The first-order valence-corrected chi connectivity index (χ1v) is 8.38. The molecule has 2 N–H and O–H groups in total. The largest absolute Gasteiger partial charge is 0.399 e. The first-order chi connectivity index (χ1) is 12.1. The highest BCUT2D eigenvalue weighted by Gasteiger charge is 2.19. The highest BCUT2D eigenvalue weighted by molar-refractivity contribution is 5.76. The summed E-state index contributed by atoms with van der Waals surface area (Å²) in [6.45, 7) is 9.12. The monoisotopic (exact) mass is 335 g/mol. The summed E-state index contributed by atoms with van der Waals surface area (Å²) in [6.07, 6.45) is 0. The molecule has 0 radical (unpaired) electrons. The van der Waals surface area contributed by atoms with Crippen molar-refractivity contribution in [3.05, 3.63) is 48.7 Å². The molecular formula is C19H21N5O. The van der Waals surface area contributed by atoms with E-state index in [9.17, 15) is 0 Å².